The Bertz CT molecular complexity index is 1120. The minimum absolute atomic E-state index is 0.305. The molecular weight excluding hydrogens is 468 g/mol. The molecule has 0 aliphatic carbocycles. The molecule has 0 amide bonds. The van der Waals surface area contributed by atoms with Crippen LogP contribution in [-0.4, -0.2) is 53.9 Å². The Kier molecular flexibility index (Phi) is 5.98. The molecule has 1 saturated heterocycles. The van der Waals surface area contributed by atoms with Gasteiger partial charge in [-0.05, 0) is 43.3 Å². The normalized spacial score (nSPS) is 15.2. The monoisotopic (exact) mass is 488 g/mol. The average molecular weight is 489 g/mol. The molecule has 1 aliphatic rings. The van der Waals surface area contributed by atoms with Crippen molar-refractivity contribution in [3.05, 3.63) is 65.0 Å². The van der Waals surface area contributed by atoms with Crippen LogP contribution in [-0.2, 0) is 10.0 Å². The number of anilines is 3. The van der Waals surface area contributed by atoms with Crippen molar-refractivity contribution in [2.24, 2.45) is 0 Å². The number of rotatable bonds is 5. The number of hydrogen-bond donors (Lipinski definition) is 1. The molecule has 0 spiro atoms. The molecule has 3 heterocycles. The van der Waals surface area contributed by atoms with Crippen molar-refractivity contribution in [1.29, 1.82) is 0 Å². The van der Waals surface area contributed by atoms with Crippen LogP contribution in [0.5, 0.6) is 0 Å². The summed E-state index contributed by atoms with van der Waals surface area (Å²) >= 11 is 3.34. The van der Waals surface area contributed by atoms with Crippen molar-refractivity contribution in [2.75, 3.05) is 36.4 Å². The maximum Gasteiger partial charge on any atom is 0.243 e. The van der Waals surface area contributed by atoms with Gasteiger partial charge in [-0.15, -0.1) is 0 Å². The summed E-state index contributed by atoms with van der Waals surface area (Å²) < 4.78 is 28.2. The number of hydrogen-bond acceptors (Lipinski definition) is 7. The third-order valence-corrected chi connectivity index (χ3v) is 7.20. The minimum atomic E-state index is -3.51. The topological polar surface area (TPSA) is 91.3 Å². The first-order valence-corrected chi connectivity index (χ1v) is 11.7. The van der Waals surface area contributed by atoms with E-state index in [4.69, 9.17) is 0 Å². The van der Waals surface area contributed by atoms with E-state index in [0.717, 1.165) is 10.3 Å². The fourth-order valence-electron chi connectivity index (χ4n) is 3.26. The van der Waals surface area contributed by atoms with Gasteiger partial charge in [0.1, 0.15) is 23.3 Å². The van der Waals surface area contributed by atoms with Gasteiger partial charge >= 0.3 is 0 Å². The lowest BCUT2D eigenvalue weighted by Crippen LogP contribution is -2.49. The SMILES string of the molecule is Cc1nc(Nc2ccccn2)cc(N2CCN(S(=O)(=O)c3ccc(Br)cc3)CC2)n1. The number of sulfonamides is 1. The molecule has 0 saturated carbocycles. The number of halogens is 1. The van der Waals surface area contributed by atoms with Crippen LogP contribution in [0.2, 0.25) is 0 Å². The molecule has 1 aliphatic heterocycles. The summed E-state index contributed by atoms with van der Waals surface area (Å²) in [7, 11) is -3.51. The van der Waals surface area contributed by atoms with Crippen LogP contribution in [0.25, 0.3) is 0 Å². The molecule has 10 heteroatoms. The zero-order valence-electron chi connectivity index (χ0n) is 16.4. The smallest absolute Gasteiger partial charge is 0.243 e. The molecule has 3 aromatic rings. The molecule has 8 nitrogen and oxygen atoms in total. The zero-order valence-corrected chi connectivity index (χ0v) is 18.8. The quantitative estimate of drug-likeness (QED) is 0.589. The molecule has 2 aromatic heterocycles. The Morgan fingerprint density at radius 2 is 1.70 bits per heavy atom. The molecule has 1 fully saturated rings. The van der Waals surface area contributed by atoms with Gasteiger partial charge in [-0.1, -0.05) is 22.0 Å². The van der Waals surface area contributed by atoms with Crippen molar-refractivity contribution in [3.63, 3.8) is 0 Å². The highest BCUT2D eigenvalue weighted by Gasteiger charge is 2.29. The van der Waals surface area contributed by atoms with Gasteiger partial charge in [0.05, 0.1) is 4.90 Å². The van der Waals surface area contributed by atoms with Crippen molar-refractivity contribution >= 4 is 43.4 Å². The first-order chi connectivity index (χ1) is 14.4. The summed E-state index contributed by atoms with van der Waals surface area (Å²) in [6, 6.07) is 14.2. The first-order valence-electron chi connectivity index (χ1n) is 9.46. The number of piperazine rings is 1. The van der Waals surface area contributed by atoms with Crippen LogP contribution in [0.4, 0.5) is 17.5 Å². The van der Waals surface area contributed by atoms with E-state index in [2.05, 4.69) is 41.1 Å². The van der Waals surface area contributed by atoms with Crippen LogP contribution in [0, 0.1) is 6.92 Å². The predicted molar refractivity (Wildman–Crippen MR) is 119 cm³/mol. The third-order valence-electron chi connectivity index (χ3n) is 4.76. The maximum atomic E-state index is 12.9. The van der Waals surface area contributed by atoms with Crippen molar-refractivity contribution < 1.29 is 8.42 Å². The molecule has 1 aromatic carbocycles. The summed E-state index contributed by atoms with van der Waals surface area (Å²) in [5.41, 5.74) is 0. The lowest BCUT2D eigenvalue weighted by Gasteiger charge is -2.34. The summed E-state index contributed by atoms with van der Waals surface area (Å²) in [4.78, 5) is 15.6. The molecule has 0 unspecified atom stereocenters. The molecule has 30 heavy (non-hydrogen) atoms. The molecule has 4 rings (SSSR count). The van der Waals surface area contributed by atoms with Crippen molar-refractivity contribution in [1.82, 2.24) is 19.3 Å². The van der Waals surface area contributed by atoms with Crippen molar-refractivity contribution in [3.8, 4) is 0 Å². The van der Waals surface area contributed by atoms with E-state index in [1.165, 1.54) is 4.31 Å². The molecule has 0 atom stereocenters. The maximum absolute atomic E-state index is 12.9. The van der Waals surface area contributed by atoms with Crippen molar-refractivity contribution in [2.45, 2.75) is 11.8 Å². The van der Waals surface area contributed by atoms with Crippen LogP contribution in [0.1, 0.15) is 5.82 Å². The van der Waals surface area contributed by atoms with Gasteiger partial charge in [-0.25, -0.2) is 23.4 Å². The zero-order chi connectivity index (χ0) is 21.1. The Hall–Kier alpha value is -2.56. The van der Waals surface area contributed by atoms with E-state index in [9.17, 15) is 8.42 Å². The summed E-state index contributed by atoms with van der Waals surface area (Å²) in [5, 5.41) is 3.18. The standard InChI is InChI=1S/C20H21BrN6O2S/c1-15-23-19(25-18-4-2-3-9-22-18)14-20(24-15)26-10-12-27(13-11-26)30(28,29)17-7-5-16(21)6-8-17/h2-9,14H,10-13H2,1H3,(H,22,23,24,25). The molecule has 0 bridgehead atoms. The second kappa shape index (κ2) is 8.66. The lowest BCUT2D eigenvalue weighted by molar-refractivity contribution is 0.383. The average Bonchev–Trinajstić information content (AvgIpc) is 2.74. The molecule has 1 N–H and O–H groups in total. The molecule has 156 valence electrons. The van der Waals surface area contributed by atoms with Gasteiger partial charge < -0.3 is 10.2 Å². The Labute approximate surface area is 184 Å². The Morgan fingerprint density at radius 1 is 0.967 bits per heavy atom. The number of nitrogens with zero attached hydrogens (tertiary/aromatic N) is 5. The third kappa shape index (κ3) is 4.61. The number of aromatic nitrogens is 3. The molecule has 0 radical (unpaired) electrons. The van der Waals surface area contributed by atoms with Crippen LogP contribution in [0.3, 0.4) is 0 Å². The van der Waals surface area contributed by atoms with Gasteiger partial charge in [0.25, 0.3) is 0 Å². The van der Waals surface area contributed by atoms with E-state index in [0.29, 0.717) is 48.5 Å². The minimum Gasteiger partial charge on any atom is -0.354 e. The van der Waals surface area contributed by atoms with Crippen LogP contribution >= 0.6 is 15.9 Å². The van der Waals surface area contributed by atoms with E-state index >= 15 is 0 Å². The van der Waals surface area contributed by atoms with E-state index in [-0.39, 0.29) is 0 Å². The van der Waals surface area contributed by atoms with Gasteiger partial charge in [-0.3, -0.25) is 0 Å². The summed E-state index contributed by atoms with van der Waals surface area (Å²) in [6.07, 6.45) is 1.71. The summed E-state index contributed by atoms with van der Waals surface area (Å²) in [6.45, 7) is 3.72. The number of aryl methyl sites for hydroxylation is 1. The van der Waals surface area contributed by atoms with Gasteiger partial charge in [-0.2, -0.15) is 4.31 Å². The summed E-state index contributed by atoms with van der Waals surface area (Å²) in [5.74, 6) is 2.76. The van der Waals surface area contributed by atoms with Gasteiger partial charge in [0.2, 0.25) is 10.0 Å². The molecular formula is C20H21BrN6O2S. The lowest BCUT2D eigenvalue weighted by atomic mass is 10.3. The number of nitrogens with one attached hydrogen (secondary N) is 1. The van der Waals surface area contributed by atoms with Gasteiger partial charge in [0.15, 0.2) is 0 Å². The first kappa shape index (κ1) is 20.7. The number of benzene rings is 1. The van der Waals surface area contributed by atoms with Gasteiger partial charge in [0, 0.05) is 42.9 Å². The van der Waals surface area contributed by atoms with Crippen LogP contribution in [0.15, 0.2) is 64.1 Å². The second-order valence-electron chi connectivity index (χ2n) is 6.84. The second-order valence-corrected chi connectivity index (χ2v) is 9.70. The van der Waals surface area contributed by atoms with E-state index in [1.807, 2.05) is 31.2 Å². The highest BCUT2D eigenvalue weighted by atomic mass is 79.9. The highest BCUT2D eigenvalue weighted by Crippen LogP contribution is 2.23. The highest BCUT2D eigenvalue weighted by molar-refractivity contribution is 9.10. The predicted octanol–water partition coefficient (Wildman–Crippen LogP) is 3.20. The van der Waals surface area contributed by atoms with E-state index < -0.39 is 10.0 Å². The van der Waals surface area contributed by atoms with Crippen LogP contribution < -0.4 is 10.2 Å². The fourth-order valence-corrected chi connectivity index (χ4v) is 4.95. The Morgan fingerprint density at radius 3 is 2.37 bits per heavy atom. The number of pyridine rings is 1. The van der Waals surface area contributed by atoms with E-state index in [1.54, 1.807) is 30.5 Å². The largest absolute Gasteiger partial charge is 0.354 e. The fraction of sp³-hybridized carbons (Fsp3) is 0.250. The Balaban J connectivity index is 1.47.